The van der Waals surface area contributed by atoms with Crippen molar-refractivity contribution in [2.24, 2.45) is 5.73 Å². The maximum atomic E-state index is 11.4. The molecule has 114 valence electrons. The second kappa shape index (κ2) is 8.73. The molecule has 0 spiro atoms. The van der Waals surface area contributed by atoms with Gasteiger partial charge in [0.2, 0.25) is 5.91 Å². The van der Waals surface area contributed by atoms with Crippen molar-refractivity contribution in [1.82, 2.24) is 5.32 Å². The van der Waals surface area contributed by atoms with E-state index in [1.54, 1.807) is 6.07 Å². The van der Waals surface area contributed by atoms with E-state index >= 15 is 0 Å². The molecule has 1 amide bonds. The molecule has 0 aliphatic rings. The normalized spacial score (nSPS) is 10.8. The van der Waals surface area contributed by atoms with E-state index in [2.05, 4.69) is 19.2 Å². The molecular weight excluding hydrogens is 319 g/mol. The van der Waals surface area contributed by atoms with Gasteiger partial charge in [0.1, 0.15) is 0 Å². The van der Waals surface area contributed by atoms with Gasteiger partial charge in [-0.3, -0.25) is 4.79 Å². The maximum Gasteiger partial charge on any atom is 0.233 e. The number of carbonyl (C=O) groups excluding carboxylic acids is 1. The summed E-state index contributed by atoms with van der Waals surface area (Å²) in [5.41, 5.74) is 6.26. The lowest BCUT2D eigenvalue weighted by atomic mass is 9.76. The highest BCUT2D eigenvalue weighted by Gasteiger charge is 2.29. The Morgan fingerprint density at radius 1 is 1.25 bits per heavy atom. The van der Waals surface area contributed by atoms with E-state index in [4.69, 9.17) is 28.9 Å². The molecule has 0 fully saturated rings. The molecule has 0 saturated carbocycles. The fourth-order valence-corrected chi connectivity index (χ4v) is 2.47. The molecular formula is C14H21Cl3N2O. The maximum absolute atomic E-state index is 11.4. The monoisotopic (exact) mass is 338 g/mol. The van der Waals surface area contributed by atoms with Gasteiger partial charge in [0.25, 0.3) is 0 Å². The van der Waals surface area contributed by atoms with Crippen molar-refractivity contribution >= 4 is 41.5 Å². The molecule has 0 bridgehead atoms. The highest BCUT2D eigenvalue weighted by atomic mass is 35.5. The number of halogens is 3. The van der Waals surface area contributed by atoms with Crippen LogP contribution in [-0.2, 0) is 10.2 Å². The Balaban J connectivity index is 0.00000361. The first kappa shape index (κ1) is 19.5. The molecule has 0 radical (unpaired) electrons. The van der Waals surface area contributed by atoms with Crippen molar-refractivity contribution in [3.63, 3.8) is 0 Å². The quantitative estimate of drug-likeness (QED) is 0.832. The largest absolute Gasteiger partial charge is 0.354 e. The number of hydrogen-bond acceptors (Lipinski definition) is 2. The molecule has 1 rings (SSSR count). The van der Waals surface area contributed by atoms with Crippen LogP contribution in [0.3, 0.4) is 0 Å². The lowest BCUT2D eigenvalue weighted by Crippen LogP contribution is -2.42. The summed E-state index contributed by atoms with van der Waals surface area (Å²) in [6.45, 7) is 4.75. The lowest BCUT2D eigenvalue weighted by Gasteiger charge is -2.33. The zero-order chi connectivity index (χ0) is 14.5. The fraction of sp³-hybridized carbons (Fsp3) is 0.500. The third-order valence-electron chi connectivity index (χ3n) is 3.69. The molecule has 1 aromatic carbocycles. The highest BCUT2D eigenvalue weighted by molar-refractivity contribution is 6.42. The molecule has 0 aliphatic heterocycles. The van der Waals surface area contributed by atoms with E-state index in [1.807, 2.05) is 12.1 Å². The third-order valence-corrected chi connectivity index (χ3v) is 4.43. The number of nitrogens with two attached hydrogens (primary N) is 1. The molecule has 6 heteroatoms. The summed E-state index contributed by atoms with van der Waals surface area (Å²) >= 11 is 12.0. The molecule has 20 heavy (non-hydrogen) atoms. The van der Waals surface area contributed by atoms with Gasteiger partial charge in [0.15, 0.2) is 0 Å². The molecule has 0 heterocycles. The van der Waals surface area contributed by atoms with Gasteiger partial charge in [-0.2, -0.15) is 0 Å². The van der Waals surface area contributed by atoms with Crippen LogP contribution in [0.15, 0.2) is 18.2 Å². The van der Waals surface area contributed by atoms with Crippen LogP contribution in [0.4, 0.5) is 0 Å². The third kappa shape index (κ3) is 4.52. The van der Waals surface area contributed by atoms with Crippen LogP contribution in [0.2, 0.25) is 10.0 Å². The van der Waals surface area contributed by atoms with Gasteiger partial charge in [-0.15, -0.1) is 12.4 Å². The van der Waals surface area contributed by atoms with E-state index < -0.39 is 0 Å². The average Bonchev–Trinajstić information content (AvgIpc) is 2.43. The summed E-state index contributed by atoms with van der Waals surface area (Å²) in [4.78, 5) is 11.4. The van der Waals surface area contributed by atoms with Crippen molar-refractivity contribution in [3.8, 4) is 0 Å². The number of benzene rings is 1. The van der Waals surface area contributed by atoms with Crippen LogP contribution in [0.5, 0.6) is 0 Å². The molecule has 3 N–H and O–H groups in total. The van der Waals surface area contributed by atoms with E-state index in [0.717, 1.165) is 18.4 Å². The zero-order valence-corrected chi connectivity index (χ0v) is 14.0. The number of carbonyl (C=O) groups is 1. The van der Waals surface area contributed by atoms with E-state index in [1.165, 1.54) is 0 Å². The Hall–Kier alpha value is -0.480. The SMILES string of the molecule is CCC(CC)(CNC(=O)CN)c1ccc(Cl)c(Cl)c1.Cl. The first-order valence-electron chi connectivity index (χ1n) is 6.41. The molecule has 0 saturated heterocycles. The van der Waals surface area contributed by atoms with Gasteiger partial charge < -0.3 is 11.1 Å². The molecule has 0 aliphatic carbocycles. The van der Waals surface area contributed by atoms with Crippen LogP contribution in [0, 0.1) is 0 Å². The Morgan fingerprint density at radius 3 is 2.30 bits per heavy atom. The van der Waals surface area contributed by atoms with Crippen molar-refractivity contribution < 1.29 is 4.79 Å². The predicted octanol–water partition coefficient (Wildman–Crippen LogP) is 3.55. The molecule has 3 nitrogen and oxygen atoms in total. The Morgan fingerprint density at radius 2 is 1.85 bits per heavy atom. The van der Waals surface area contributed by atoms with Crippen molar-refractivity contribution in [2.45, 2.75) is 32.1 Å². The molecule has 1 aromatic rings. The van der Waals surface area contributed by atoms with Gasteiger partial charge in [0.05, 0.1) is 16.6 Å². The highest BCUT2D eigenvalue weighted by Crippen LogP contribution is 2.34. The summed E-state index contributed by atoms with van der Waals surface area (Å²) < 4.78 is 0. The lowest BCUT2D eigenvalue weighted by molar-refractivity contribution is -0.120. The summed E-state index contributed by atoms with van der Waals surface area (Å²) in [6, 6.07) is 5.64. The van der Waals surface area contributed by atoms with E-state index in [0.29, 0.717) is 16.6 Å². The standard InChI is InChI=1S/C14H20Cl2N2O.ClH/c1-3-14(4-2,9-18-13(19)8-17)10-5-6-11(15)12(16)7-10;/h5-7H,3-4,8-9,17H2,1-2H3,(H,18,19);1H. The summed E-state index contributed by atoms with van der Waals surface area (Å²) in [6.07, 6.45) is 1.79. The fourth-order valence-electron chi connectivity index (χ4n) is 2.18. The van der Waals surface area contributed by atoms with Gasteiger partial charge in [0, 0.05) is 12.0 Å². The van der Waals surface area contributed by atoms with Crippen molar-refractivity contribution in [3.05, 3.63) is 33.8 Å². The number of amides is 1. The average molecular weight is 340 g/mol. The predicted molar refractivity (Wildman–Crippen MR) is 88.0 cm³/mol. The van der Waals surface area contributed by atoms with E-state index in [9.17, 15) is 4.79 Å². The van der Waals surface area contributed by atoms with E-state index in [-0.39, 0.29) is 30.3 Å². The van der Waals surface area contributed by atoms with Gasteiger partial charge in [-0.1, -0.05) is 43.1 Å². The van der Waals surface area contributed by atoms with Crippen LogP contribution < -0.4 is 11.1 Å². The minimum Gasteiger partial charge on any atom is -0.354 e. The molecule has 0 aromatic heterocycles. The van der Waals surface area contributed by atoms with Crippen LogP contribution in [0.1, 0.15) is 32.3 Å². The number of rotatable bonds is 6. The minimum atomic E-state index is -0.147. The number of hydrogen-bond donors (Lipinski definition) is 2. The Kier molecular flexibility index (Phi) is 8.52. The Labute approximate surface area is 136 Å². The Bertz CT molecular complexity index is 448. The topological polar surface area (TPSA) is 55.1 Å². The minimum absolute atomic E-state index is 0. The first-order chi connectivity index (χ1) is 8.99. The second-order valence-corrected chi connectivity index (χ2v) is 5.41. The van der Waals surface area contributed by atoms with Gasteiger partial charge in [-0.05, 0) is 30.5 Å². The van der Waals surface area contributed by atoms with Crippen molar-refractivity contribution in [2.75, 3.05) is 13.1 Å². The molecule has 0 unspecified atom stereocenters. The van der Waals surface area contributed by atoms with Crippen LogP contribution >= 0.6 is 35.6 Å². The van der Waals surface area contributed by atoms with Crippen LogP contribution in [0.25, 0.3) is 0 Å². The van der Waals surface area contributed by atoms with Crippen LogP contribution in [-0.4, -0.2) is 19.0 Å². The summed E-state index contributed by atoms with van der Waals surface area (Å²) in [5, 5.41) is 3.94. The number of nitrogens with one attached hydrogen (secondary N) is 1. The van der Waals surface area contributed by atoms with Gasteiger partial charge >= 0.3 is 0 Å². The van der Waals surface area contributed by atoms with Crippen molar-refractivity contribution in [1.29, 1.82) is 0 Å². The smallest absolute Gasteiger partial charge is 0.233 e. The summed E-state index contributed by atoms with van der Waals surface area (Å²) in [7, 11) is 0. The zero-order valence-electron chi connectivity index (χ0n) is 11.7. The summed E-state index contributed by atoms with van der Waals surface area (Å²) in [5.74, 6) is -0.147. The molecule has 0 atom stereocenters. The van der Waals surface area contributed by atoms with Gasteiger partial charge in [-0.25, -0.2) is 0 Å². The second-order valence-electron chi connectivity index (χ2n) is 4.60. The first-order valence-corrected chi connectivity index (χ1v) is 7.17.